The van der Waals surface area contributed by atoms with Gasteiger partial charge < -0.3 is 10.1 Å². The molecule has 1 saturated heterocycles. The highest BCUT2D eigenvalue weighted by Gasteiger charge is 2.23. The van der Waals surface area contributed by atoms with Crippen LogP contribution < -0.4 is 10.0 Å². The highest BCUT2D eigenvalue weighted by atomic mass is 32.2. The van der Waals surface area contributed by atoms with Crippen molar-refractivity contribution >= 4 is 27.0 Å². The van der Waals surface area contributed by atoms with E-state index in [1.807, 2.05) is 4.68 Å². The fraction of sp³-hybridized carbons (Fsp3) is 0.476. The minimum atomic E-state index is -3.49. The molecule has 0 unspecified atom stereocenters. The Labute approximate surface area is 182 Å². The van der Waals surface area contributed by atoms with Crippen LogP contribution in [-0.2, 0) is 14.8 Å². The van der Waals surface area contributed by atoms with Crippen molar-refractivity contribution in [3.8, 4) is 11.3 Å². The summed E-state index contributed by atoms with van der Waals surface area (Å²) < 4.78 is 33.9. The van der Waals surface area contributed by atoms with Crippen LogP contribution in [-0.4, -0.2) is 55.0 Å². The summed E-state index contributed by atoms with van der Waals surface area (Å²) in [5, 5.41) is 9.03. The van der Waals surface area contributed by atoms with E-state index in [1.54, 1.807) is 30.5 Å². The first-order valence-corrected chi connectivity index (χ1v) is 12.1. The van der Waals surface area contributed by atoms with Gasteiger partial charge in [-0.15, -0.1) is 0 Å². The summed E-state index contributed by atoms with van der Waals surface area (Å²) in [5.41, 5.74) is 2.35. The van der Waals surface area contributed by atoms with Crippen molar-refractivity contribution < 1.29 is 13.2 Å². The van der Waals surface area contributed by atoms with Gasteiger partial charge in [0.25, 0.3) is 0 Å². The van der Waals surface area contributed by atoms with E-state index in [9.17, 15) is 8.42 Å². The van der Waals surface area contributed by atoms with E-state index in [0.717, 1.165) is 54.5 Å². The number of hydrogen-bond acceptors (Lipinski definition) is 7. The number of unbranched alkanes of at least 4 members (excludes halogenated alkanes) is 1. The van der Waals surface area contributed by atoms with Crippen molar-refractivity contribution in [2.75, 3.05) is 32.1 Å². The zero-order chi connectivity index (χ0) is 21.8. The van der Waals surface area contributed by atoms with Crippen LogP contribution in [0.5, 0.6) is 0 Å². The molecular formula is C21H28N6O3S. The molecule has 1 aliphatic heterocycles. The Morgan fingerprint density at radius 1 is 1.19 bits per heavy atom. The summed E-state index contributed by atoms with van der Waals surface area (Å²) in [4.78, 5) is 9.47. The molecule has 9 nitrogen and oxygen atoms in total. The molecule has 2 aromatic heterocycles. The van der Waals surface area contributed by atoms with Gasteiger partial charge in [0.1, 0.15) is 5.69 Å². The van der Waals surface area contributed by atoms with E-state index < -0.39 is 10.0 Å². The predicted molar refractivity (Wildman–Crippen MR) is 119 cm³/mol. The van der Waals surface area contributed by atoms with Crippen LogP contribution in [0.1, 0.15) is 38.6 Å². The van der Waals surface area contributed by atoms with Crippen molar-refractivity contribution in [2.45, 2.75) is 43.5 Å². The maximum Gasteiger partial charge on any atom is 0.240 e. The van der Waals surface area contributed by atoms with Crippen LogP contribution in [0.2, 0.25) is 0 Å². The fourth-order valence-corrected chi connectivity index (χ4v) is 4.42. The first-order chi connectivity index (χ1) is 15.0. The van der Waals surface area contributed by atoms with Gasteiger partial charge in [0, 0.05) is 31.5 Å². The van der Waals surface area contributed by atoms with Crippen molar-refractivity contribution in [2.24, 2.45) is 0 Å². The molecule has 0 bridgehead atoms. The largest absolute Gasteiger partial charge is 0.381 e. The van der Waals surface area contributed by atoms with Crippen molar-refractivity contribution in [1.82, 2.24) is 24.5 Å². The van der Waals surface area contributed by atoms with Gasteiger partial charge in [-0.25, -0.2) is 22.8 Å². The lowest BCUT2D eigenvalue weighted by atomic mass is 10.1. The Balaban J connectivity index is 1.76. The van der Waals surface area contributed by atoms with E-state index in [1.165, 1.54) is 7.05 Å². The normalized spacial score (nSPS) is 15.4. The average molecular weight is 445 g/mol. The summed E-state index contributed by atoms with van der Waals surface area (Å²) in [6.07, 6.45) is 5.69. The Hall–Kier alpha value is -2.56. The molecule has 0 radical (unpaired) electrons. The van der Waals surface area contributed by atoms with Gasteiger partial charge >= 0.3 is 0 Å². The molecule has 0 saturated carbocycles. The molecule has 31 heavy (non-hydrogen) atoms. The van der Waals surface area contributed by atoms with Gasteiger partial charge in [-0.05, 0) is 38.4 Å². The maximum atomic E-state index is 12.0. The molecule has 1 fully saturated rings. The number of anilines is 1. The Morgan fingerprint density at radius 2 is 1.94 bits per heavy atom. The summed E-state index contributed by atoms with van der Waals surface area (Å²) in [5.74, 6) is 0.594. The van der Waals surface area contributed by atoms with Gasteiger partial charge in [0.2, 0.25) is 16.0 Å². The number of ether oxygens (including phenoxy) is 1. The number of hydrogen-bond donors (Lipinski definition) is 2. The molecule has 0 aliphatic carbocycles. The number of rotatable bonds is 8. The van der Waals surface area contributed by atoms with Gasteiger partial charge in [-0.3, -0.25) is 0 Å². The molecule has 3 aromatic rings. The van der Waals surface area contributed by atoms with Crippen molar-refractivity contribution in [3.63, 3.8) is 0 Å². The van der Waals surface area contributed by atoms with Gasteiger partial charge in [0.15, 0.2) is 5.65 Å². The lowest BCUT2D eigenvalue weighted by Crippen LogP contribution is -2.21. The lowest BCUT2D eigenvalue weighted by molar-refractivity contribution is 0.0674. The molecule has 166 valence electrons. The number of nitrogens with zero attached hydrogens (tertiary/aromatic N) is 4. The zero-order valence-corrected chi connectivity index (χ0v) is 18.7. The molecule has 1 aromatic carbocycles. The van der Waals surface area contributed by atoms with E-state index >= 15 is 0 Å². The molecule has 3 heterocycles. The number of sulfonamides is 1. The maximum absolute atomic E-state index is 12.0. The third-order valence-corrected chi connectivity index (χ3v) is 6.94. The predicted octanol–water partition coefficient (Wildman–Crippen LogP) is 2.96. The first kappa shape index (κ1) is 21.7. The van der Waals surface area contributed by atoms with Crippen LogP contribution in [0.15, 0.2) is 35.4 Å². The second-order valence-electron chi connectivity index (χ2n) is 7.58. The highest BCUT2D eigenvalue weighted by Crippen LogP contribution is 2.32. The standard InChI is InChI=1S/C21H28N6O3S/c1-3-4-11-23-21-24-14-18-19(15-5-7-17(8-6-15)31(28,29)22-2)26-27(20(18)25-21)16-9-12-30-13-10-16/h5-8,14,16,22H,3-4,9-13H2,1-2H3,(H,23,24,25). The quantitative estimate of drug-likeness (QED) is 0.514. The van der Waals surface area contributed by atoms with Crippen LogP contribution in [0.4, 0.5) is 5.95 Å². The second-order valence-corrected chi connectivity index (χ2v) is 9.47. The molecule has 2 N–H and O–H groups in total. The zero-order valence-electron chi connectivity index (χ0n) is 17.8. The van der Waals surface area contributed by atoms with Crippen LogP contribution in [0.3, 0.4) is 0 Å². The van der Waals surface area contributed by atoms with Gasteiger partial charge in [-0.1, -0.05) is 25.5 Å². The van der Waals surface area contributed by atoms with E-state index in [-0.39, 0.29) is 10.9 Å². The van der Waals surface area contributed by atoms with E-state index in [4.69, 9.17) is 14.8 Å². The summed E-state index contributed by atoms with van der Waals surface area (Å²) >= 11 is 0. The van der Waals surface area contributed by atoms with Crippen LogP contribution >= 0.6 is 0 Å². The van der Waals surface area contributed by atoms with Crippen molar-refractivity contribution in [3.05, 3.63) is 30.5 Å². The van der Waals surface area contributed by atoms with E-state index in [0.29, 0.717) is 19.2 Å². The molecule has 0 amide bonds. The fourth-order valence-electron chi connectivity index (χ4n) is 3.69. The number of fused-ring (bicyclic) bond motifs is 1. The summed E-state index contributed by atoms with van der Waals surface area (Å²) in [7, 11) is -2.09. The lowest BCUT2D eigenvalue weighted by Gasteiger charge is -2.22. The highest BCUT2D eigenvalue weighted by molar-refractivity contribution is 7.89. The Bertz CT molecular complexity index is 1140. The molecular weight excluding hydrogens is 416 g/mol. The summed E-state index contributed by atoms with van der Waals surface area (Å²) in [6, 6.07) is 6.91. The summed E-state index contributed by atoms with van der Waals surface area (Å²) in [6.45, 7) is 4.36. The minimum Gasteiger partial charge on any atom is -0.381 e. The van der Waals surface area contributed by atoms with Crippen LogP contribution in [0.25, 0.3) is 22.3 Å². The number of benzene rings is 1. The first-order valence-electron chi connectivity index (χ1n) is 10.6. The van der Waals surface area contributed by atoms with Gasteiger partial charge in [0.05, 0.1) is 16.3 Å². The minimum absolute atomic E-state index is 0.201. The van der Waals surface area contributed by atoms with Gasteiger partial charge in [-0.2, -0.15) is 10.1 Å². The Kier molecular flexibility index (Phi) is 6.49. The molecule has 0 spiro atoms. The molecule has 4 rings (SSSR count). The van der Waals surface area contributed by atoms with Crippen molar-refractivity contribution in [1.29, 1.82) is 0 Å². The topological polar surface area (TPSA) is 111 Å². The molecule has 0 atom stereocenters. The number of nitrogens with one attached hydrogen (secondary N) is 2. The third-order valence-electron chi connectivity index (χ3n) is 5.51. The van der Waals surface area contributed by atoms with Crippen LogP contribution in [0, 0.1) is 0 Å². The average Bonchev–Trinajstić information content (AvgIpc) is 3.19. The number of aromatic nitrogens is 4. The molecule has 1 aliphatic rings. The molecule has 10 heteroatoms. The van der Waals surface area contributed by atoms with E-state index in [2.05, 4.69) is 21.9 Å². The second kappa shape index (κ2) is 9.29. The smallest absolute Gasteiger partial charge is 0.240 e. The monoisotopic (exact) mass is 444 g/mol. The SMILES string of the molecule is CCCCNc1ncc2c(-c3ccc(S(=O)(=O)NC)cc3)nn(C3CCOCC3)c2n1. The Morgan fingerprint density at radius 3 is 2.61 bits per heavy atom. The third kappa shape index (κ3) is 4.56.